The van der Waals surface area contributed by atoms with Crippen LogP contribution in [-0.2, 0) is 9.59 Å². The van der Waals surface area contributed by atoms with Gasteiger partial charge in [0.1, 0.15) is 6.42 Å². The van der Waals surface area contributed by atoms with Crippen LogP contribution < -0.4 is 16.4 Å². The molecule has 0 aromatic carbocycles. The van der Waals surface area contributed by atoms with E-state index in [0.29, 0.717) is 19.6 Å². The molecule has 0 aliphatic rings. The molecule has 0 aliphatic carbocycles. The van der Waals surface area contributed by atoms with E-state index in [1.165, 1.54) is 0 Å². The Hall–Kier alpha value is -1.10. The fourth-order valence-corrected chi connectivity index (χ4v) is 0.747. The van der Waals surface area contributed by atoms with Gasteiger partial charge in [0.05, 0.1) is 0 Å². The molecule has 0 radical (unpaired) electrons. The number of nitrogens with two attached hydrogens (primary N) is 1. The van der Waals surface area contributed by atoms with E-state index in [1.54, 1.807) is 0 Å². The molecule has 0 saturated heterocycles. The third-order valence-corrected chi connectivity index (χ3v) is 1.36. The minimum atomic E-state index is -0.279. The van der Waals surface area contributed by atoms with Crippen molar-refractivity contribution in [3.8, 4) is 0 Å². The van der Waals surface area contributed by atoms with Crippen molar-refractivity contribution in [3.05, 3.63) is 0 Å². The van der Waals surface area contributed by atoms with Gasteiger partial charge >= 0.3 is 0 Å². The van der Waals surface area contributed by atoms with Crippen LogP contribution in [0.25, 0.3) is 0 Å². The number of carbonyl (C=O) groups is 2. The molecule has 0 fully saturated rings. The van der Waals surface area contributed by atoms with Crippen molar-refractivity contribution in [2.24, 2.45) is 5.73 Å². The summed E-state index contributed by atoms with van der Waals surface area (Å²) in [6.45, 7) is 3.37. The van der Waals surface area contributed by atoms with Crippen LogP contribution in [0.2, 0.25) is 0 Å². The molecule has 0 atom stereocenters. The van der Waals surface area contributed by atoms with Gasteiger partial charge in [-0.2, -0.15) is 0 Å². The Morgan fingerprint density at radius 2 is 1.69 bits per heavy atom. The van der Waals surface area contributed by atoms with Crippen molar-refractivity contribution in [3.63, 3.8) is 0 Å². The van der Waals surface area contributed by atoms with Crippen molar-refractivity contribution in [1.29, 1.82) is 0 Å². The SMILES string of the molecule is CCCNC(=O)CC(=O)NCCN. The Balaban J connectivity index is 3.47. The molecule has 0 rings (SSSR count). The second-order valence-electron chi connectivity index (χ2n) is 2.67. The van der Waals surface area contributed by atoms with Gasteiger partial charge in [0, 0.05) is 19.6 Å². The third kappa shape index (κ3) is 7.27. The molecule has 4 N–H and O–H groups in total. The topological polar surface area (TPSA) is 84.2 Å². The van der Waals surface area contributed by atoms with E-state index in [2.05, 4.69) is 10.6 Å². The van der Waals surface area contributed by atoms with Crippen molar-refractivity contribution in [2.45, 2.75) is 19.8 Å². The van der Waals surface area contributed by atoms with Gasteiger partial charge in [-0.05, 0) is 6.42 Å². The summed E-state index contributed by atoms with van der Waals surface area (Å²) in [5.41, 5.74) is 5.17. The van der Waals surface area contributed by atoms with Crippen molar-refractivity contribution in [1.82, 2.24) is 10.6 Å². The Labute approximate surface area is 78.1 Å². The van der Waals surface area contributed by atoms with Gasteiger partial charge < -0.3 is 16.4 Å². The zero-order chi connectivity index (χ0) is 10.1. The Bertz CT molecular complexity index is 153. The Morgan fingerprint density at radius 1 is 1.15 bits per heavy atom. The molecule has 0 unspecified atom stereocenters. The summed E-state index contributed by atoms with van der Waals surface area (Å²) >= 11 is 0. The van der Waals surface area contributed by atoms with Crippen LogP contribution in [0.3, 0.4) is 0 Å². The second-order valence-corrected chi connectivity index (χ2v) is 2.67. The first-order valence-corrected chi connectivity index (χ1v) is 4.44. The smallest absolute Gasteiger partial charge is 0.229 e. The summed E-state index contributed by atoms with van der Waals surface area (Å²) in [6, 6.07) is 0. The highest BCUT2D eigenvalue weighted by Crippen LogP contribution is 1.80. The molecule has 0 spiro atoms. The molecule has 5 heteroatoms. The lowest BCUT2D eigenvalue weighted by Crippen LogP contribution is -2.34. The number of carbonyl (C=O) groups excluding carboxylic acids is 2. The first kappa shape index (κ1) is 11.9. The molecule has 0 saturated carbocycles. The van der Waals surface area contributed by atoms with Gasteiger partial charge in [-0.1, -0.05) is 6.92 Å². The molecular formula is C8H17N3O2. The Morgan fingerprint density at radius 3 is 2.15 bits per heavy atom. The fourth-order valence-electron chi connectivity index (χ4n) is 0.747. The highest BCUT2D eigenvalue weighted by Gasteiger charge is 2.06. The van der Waals surface area contributed by atoms with E-state index >= 15 is 0 Å². The second kappa shape index (κ2) is 7.54. The van der Waals surface area contributed by atoms with E-state index in [1.807, 2.05) is 6.92 Å². The van der Waals surface area contributed by atoms with Gasteiger partial charge in [-0.25, -0.2) is 0 Å². The van der Waals surface area contributed by atoms with E-state index in [9.17, 15) is 9.59 Å². The predicted molar refractivity (Wildman–Crippen MR) is 50.0 cm³/mol. The summed E-state index contributed by atoms with van der Waals surface area (Å²) in [6.07, 6.45) is 0.760. The van der Waals surface area contributed by atoms with Crippen LogP contribution in [0.5, 0.6) is 0 Å². The highest BCUT2D eigenvalue weighted by molar-refractivity contribution is 5.96. The van der Waals surface area contributed by atoms with Gasteiger partial charge in [-0.15, -0.1) is 0 Å². The average Bonchev–Trinajstić information content (AvgIpc) is 2.11. The van der Waals surface area contributed by atoms with Crippen LogP contribution in [0.15, 0.2) is 0 Å². The number of amides is 2. The quantitative estimate of drug-likeness (QED) is 0.465. The fraction of sp³-hybridized carbons (Fsp3) is 0.750. The largest absolute Gasteiger partial charge is 0.356 e. The van der Waals surface area contributed by atoms with Gasteiger partial charge in [0.15, 0.2) is 0 Å². The number of hydrogen-bond donors (Lipinski definition) is 3. The molecule has 5 nitrogen and oxygen atoms in total. The molecule has 0 aliphatic heterocycles. The summed E-state index contributed by atoms with van der Waals surface area (Å²) < 4.78 is 0. The average molecular weight is 187 g/mol. The van der Waals surface area contributed by atoms with Crippen molar-refractivity contribution < 1.29 is 9.59 Å². The number of nitrogens with one attached hydrogen (secondary N) is 2. The maximum Gasteiger partial charge on any atom is 0.229 e. The first-order chi connectivity index (χ1) is 6.20. The van der Waals surface area contributed by atoms with Crippen LogP contribution in [-0.4, -0.2) is 31.4 Å². The molecule has 0 heterocycles. The molecular weight excluding hydrogens is 170 g/mol. The maximum atomic E-state index is 11.0. The summed E-state index contributed by atoms with van der Waals surface area (Å²) in [5, 5.41) is 5.12. The minimum Gasteiger partial charge on any atom is -0.356 e. The minimum absolute atomic E-state index is 0.111. The predicted octanol–water partition coefficient (Wildman–Crippen LogP) is -1.02. The van der Waals surface area contributed by atoms with Crippen LogP contribution in [0.1, 0.15) is 19.8 Å². The van der Waals surface area contributed by atoms with Crippen LogP contribution in [0, 0.1) is 0 Å². The van der Waals surface area contributed by atoms with Gasteiger partial charge in [0.25, 0.3) is 0 Å². The number of rotatable bonds is 6. The zero-order valence-corrected chi connectivity index (χ0v) is 7.93. The van der Waals surface area contributed by atoms with E-state index in [0.717, 1.165) is 6.42 Å². The lowest BCUT2D eigenvalue weighted by atomic mass is 10.3. The Kier molecular flexibility index (Phi) is 6.91. The number of hydrogen-bond acceptors (Lipinski definition) is 3. The molecule has 0 aromatic heterocycles. The van der Waals surface area contributed by atoms with E-state index in [4.69, 9.17) is 5.73 Å². The van der Waals surface area contributed by atoms with Crippen LogP contribution >= 0.6 is 0 Å². The summed E-state index contributed by atoms with van der Waals surface area (Å²) in [5.74, 6) is -0.518. The van der Waals surface area contributed by atoms with Crippen molar-refractivity contribution >= 4 is 11.8 Å². The van der Waals surface area contributed by atoms with Gasteiger partial charge in [-0.3, -0.25) is 9.59 Å². The standard InChI is InChI=1S/C8H17N3O2/c1-2-4-10-7(12)6-8(13)11-5-3-9/h2-6,9H2,1H3,(H,10,12)(H,11,13). The van der Waals surface area contributed by atoms with Crippen molar-refractivity contribution in [2.75, 3.05) is 19.6 Å². The lowest BCUT2D eigenvalue weighted by molar-refractivity contribution is -0.129. The van der Waals surface area contributed by atoms with Crippen LogP contribution in [0.4, 0.5) is 0 Å². The molecule has 13 heavy (non-hydrogen) atoms. The lowest BCUT2D eigenvalue weighted by Gasteiger charge is -2.03. The van der Waals surface area contributed by atoms with E-state index in [-0.39, 0.29) is 18.2 Å². The monoisotopic (exact) mass is 187 g/mol. The van der Waals surface area contributed by atoms with E-state index < -0.39 is 0 Å². The zero-order valence-electron chi connectivity index (χ0n) is 7.93. The highest BCUT2D eigenvalue weighted by atomic mass is 16.2. The third-order valence-electron chi connectivity index (χ3n) is 1.36. The van der Waals surface area contributed by atoms with Gasteiger partial charge in [0.2, 0.25) is 11.8 Å². The summed E-state index contributed by atoms with van der Waals surface area (Å²) in [4.78, 5) is 21.9. The molecule has 0 bridgehead atoms. The molecule has 0 aromatic rings. The first-order valence-electron chi connectivity index (χ1n) is 4.44. The molecule has 76 valence electrons. The summed E-state index contributed by atoms with van der Waals surface area (Å²) in [7, 11) is 0. The molecule has 2 amide bonds. The normalized spacial score (nSPS) is 9.38. The maximum absolute atomic E-state index is 11.0.